The summed E-state index contributed by atoms with van der Waals surface area (Å²) in [6.07, 6.45) is 3.55. The zero-order valence-corrected chi connectivity index (χ0v) is 12.1. The molecule has 0 radical (unpaired) electrons. The quantitative estimate of drug-likeness (QED) is 0.617. The molecule has 5 heteroatoms. The molecule has 0 amide bonds. The van der Waals surface area contributed by atoms with Crippen molar-refractivity contribution >= 4 is 21.9 Å². The summed E-state index contributed by atoms with van der Waals surface area (Å²) < 4.78 is 1.83. The molecule has 0 unspecified atom stereocenters. The number of hydrogen-bond donors (Lipinski definition) is 1. The summed E-state index contributed by atoms with van der Waals surface area (Å²) in [5, 5.41) is 5.88. The Morgan fingerprint density at radius 2 is 2.05 bits per heavy atom. The first-order valence-electron chi connectivity index (χ1n) is 7.11. The maximum absolute atomic E-state index is 12.7. The molecule has 3 aromatic heterocycles. The van der Waals surface area contributed by atoms with Gasteiger partial charge >= 0.3 is 0 Å². The maximum atomic E-state index is 12.7. The average molecular weight is 290 g/mol. The molecule has 4 rings (SSSR count). The number of aryl methyl sites for hydroxylation is 1. The molecule has 1 aromatic carbocycles. The molecule has 22 heavy (non-hydrogen) atoms. The number of hydrogen-bond acceptors (Lipinski definition) is 3. The van der Waals surface area contributed by atoms with Gasteiger partial charge < -0.3 is 4.98 Å². The summed E-state index contributed by atoms with van der Waals surface area (Å²) in [6, 6.07) is 11.4. The molecule has 0 aliphatic carbocycles. The molecule has 0 saturated carbocycles. The van der Waals surface area contributed by atoms with Gasteiger partial charge in [-0.15, -0.1) is 0 Å². The number of rotatable bonds is 2. The Morgan fingerprint density at radius 1 is 1.18 bits per heavy atom. The second-order valence-electron chi connectivity index (χ2n) is 5.33. The fraction of sp³-hybridized carbons (Fsp3) is 0.118. The van der Waals surface area contributed by atoms with Crippen LogP contribution in [0.15, 0.2) is 53.6 Å². The van der Waals surface area contributed by atoms with Gasteiger partial charge in [-0.1, -0.05) is 18.2 Å². The zero-order chi connectivity index (χ0) is 15.1. The Labute approximate surface area is 126 Å². The van der Waals surface area contributed by atoms with E-state index in [9.17, 15) is 4.79 Å². The van der Waals surface area contributed by atoms with Crippen molar-refractivity contribution in [2.45, 2.75) is 13.5 Å². The third-order valence-corrected chi connectivity index (χ3v) is 3.83. The van der Waals surface area contributed by atoms with Crippen molar-refractivity contribution in [1.82, 2.24) is 19.7 Å². The van der Waals surface area contributed by atoms with Crippen molar-refractivity contribution in [2.75, 3.05) is 0 Å². The van der Waals surface area contributed by atoms with Gasteiger partial charge in [-0.05, 0) is 30.7 Å². The van der Waals surface area contributed by atoms with Gasteiger partial charge in [0.05, 0.1) is 23.1 Å². The number of nitrogens with zero attached hydrogens (tertiary/aromatic N) is 3. The molecule has 0 spiro atoms. The molecule has 0 bridgehead atoms. The van der Waals surface area contributed by atoms with E-state index in [0.29, 0.717) is 17.3 Å². The molecule has 4 aromatic rings. The third kappa shape index (κ3) is 1.90. The highest BCUT2D eigenvalue weighted by molar-refractivity contribution is 5.92. The van der Waals surface area contributed by atoms with E-state index in [-0.39, 0.29) is 5.43 Å². The molecular formula is C17H14N4O. The number of aromatic nitrogens is 4. The first kappa shape index (κ1) is 12.8. The van der Waals surface area contributed by atoms with Gasteiger partial charge in [0.25, 0.3) is 0 Å². The molecule has 0 aliphatic heterocycles. The average Bonchev–Trinajstić information content (AvgIpc) is 2.85. The summed E-state index contributed by atoms with van der Waals surface area (Å²) in [5.41, 5.74) is 3.39. The molecule has 0 aliphatic rings. The van der Waals surface area contributed by atoms with E-state index in [4.69, 9.17) is 0 Å². The number of aromatic amines is 1. The Morgan fingerprint density at radius 3 is 2.86 bits per heavy atom. The van der Waals surface area contributed by atoms with Crippen LogP contribution in [0.1, 0.15) is 11.3 Å². The molecule has 0 fully saturated rings. The van der Waals surface area contributed by atoms with Crippen molar-refractivity contribution in [3.63, 3.8) is 0 Å². The minimum Gasteiger partial charge on any atom is -0.339 e. The number of H-pyrrole nitrogens is 1. The Bertz CT molecular complexity index is 1030. The van der Waals surface area contributed by atoms with Crippen molar-refractivity contribution in [1.29, 1.82) is 0 Å². The second kappa shape index (κ2) is 4.80. The van der Waals surface area contributed by atoms with Gasteiger partial charge in [-0.3, -0.25) is 9.78 Å². The molecule has 1 N–H and O–H groups in total. The van der Waals surface area contributed by atoms with Gasteiger partial charge in [-0.25, -0.2) is 4.68 Å². The first-order chi connectivity index (χ1) is 10.7. The number of para-hydroxylation sites is 1. The van der Waals surface area contributed by atoms with E-state index in [0.717, 1.165) is 22.4 Å². The van der Waals surface area contributed by atoms with E-state index in [2.05, 4.69) is 15.1 Å². The normalized spacial score (nSPS) is 11.3. The SMILES string of the molecule is Cc1nn(Cc2cccnc2)c2[nH]c3ccccc3c(=O)c12. The largest absolute Gasteiger partial charge is 0.339 e. The smallest absolute Gasteiger partial charge is 0.200 e. The minimum absolute atomic E-state index is 0.0271. The van der Waals surface area contributed by atoms with Crippen LogP contribution in [0.2, 0.25) is 0 Å². The number of benzene rings is 1. The highest BCUT2D eigenvalue weighted by atomic mass is 16.1. The monoisotopic (exact) mass is 290 g/mol. The molecule has 3 heterocycles. The van der Waals surface area contributed by atoms with Crippen molar-refractivity contribution in [3.05, 3.63) is 70.3 Å². The highest BCUT2D eigenvalue weighted by Gasteiger charge is 2.14. The Balaban J connectivity index is 1.99. The van der Waals surface area contributed by atoms with E-state index in [1.54, 1.807) is 6.20 Å². The van der Waals surface area contributed by atoms with Crippen molar-refractivity contribution in [3.8, 4) is 0 Å². The van der Waals surface area contributed by atoms with Gasteiger partial charge in [0, 0.05) is 17.8 Å². The summed E-state index contributed by atoms with van der Waals surface area (Å²) in [6.45, 7) is 2.44. The lowest BCUT2D eigenvalue weighted by molar-refractivity contribution is 0.695. The van der Waals surface area contributed by atoms with Crippen LogP contribution in [-0.4, -0.2) is 19.7 Å². The predicted octanol–water partition coefficient (Wildman–Crippen LogP) is 2.63. The van der Waals surface area contributed by atoms with Gasteiger partial charge in [0.1, 0.15) is 5.65 Å². The standard InChI is InChI=1S/C17H14N4O/c1-11-15-16(22)13-6-2-3-7-14(13)19-17(15)21(20-11)10-12-5-4-8-18-9-12/h2-9H,10H2,1H3,(H,19,22). The summed E-state index contributed by atoms with van der Waals surface area (Å²) >= 11 is 0. The van der Waals surface area contributed by atoms with E-state index >= 15 is 0 Å². The number of pyridine rings is 2. The topological polar surface area (TPSA) is 63.6 Å². The first-order valence-corrected chi connectivity index (χ1v) is 7.11. The second-order valence-corrected chi connectivity index (χ2v) is 5.33. The molecule has 0 atom stereocenters. The summed E-state index contributed by atoms with van der Waals surface area (Å²) in [4.78, 5) is 20.2. The van der Waals surface area contributed by atoms with Crippen LogP contribution in [0, 0.1) is 6.92 Å². The van der Waals surface area contributed by atoms with Gasteiger partial charge in [0.2, 0.25) is 5.43 Å². The summed E-state index contributed by atoms with van der Waals surface area (Å²) in [5.74, 6) is 0. The van der Waals surface area contributed by atoms with Crippen LogP contribution in [0.3, 0.4) is 0 Å². The number of nitrogens with one attached hydrogen (secondary N) is 1. The molecule has 0 saturated heterocycles. The van der Waals surface area contributed by atoms with Crippen molar-refractivity contribution in [2.24, 2.45) is 0 Å². The third-order valence-electron chi connectivity index (χ3n) is 3.83. The lowest BCUT2D eigenvalue weighted by Gasteiger charge is -2.04. The fourth-order valence-electron chi connectivity index (χ4n) is 2.81. The van der Waals surface area contributed by atoms with Crippen LogP contribution in [0.4, 0.5) is 0 Å². The lowest BCUT2D eigenvalue weighted by atomic mass is 10.1. The molecule has 5 nitrogen and oxygen atoms in total. The number of fused-ring (bicyclic) bond motifs is 2. The van der Waals surface area contributed by atoms with Crippen LogP contribution in [0.25, 0.3) is 21.9 Å². The van der Waals surface area contributed by atoms with Gasteiger partial charge in [0.15, 0.2) is 0 Å². The van der Waals surface area contributed by atoms with Crippen LogP contribution in [0.5, 0.6) is 0 Å². The minimum atomic E-state index is 0.0271. The molecule has 108 valence electrons. The van der Waals surface area contributed by atoms with Crippen LogP contribution < -0.4 is 5.43 Å². The maximum Gasteiger partial charge on any atom is 0.200 e. The Kier molecular flexibility index (Phi) is 2.79. The van der Waals surface area contributed by atoms with Gasteiger partial charge in [-0.2, -0.15) is 5.10 Å². The highest BCUT2D eigenvalue weighted by Crippen LogP contribution is 2.18. The van der Waals surface area contributed by atoms with Crippen LogP contribution >= 0.6 is 0 Å². The van der Waals surface area contributed by atoms with E-state index in [1.165, 1.54) is 0 Å². The van der Waals surface area contributed by atoms with Crippen LogP contribution in [-0.2, 0) is 6.54 Å². The molecular weight excluding hydrogens is 276 g/mol. The van der Waals surface area contributed by atoms with E-state index in [1.807, 2.05) is 54.2 Å². The predicted molar refractivity (Wildman–Crippen MR) is 85.9 cm³/mol. The lowest BCUT2D eigenvalue weighted by Crippen LogP contribution is -2.07. The summed E-state index contributed by atoms with van der Waals surface area (Å²) in [7, 11) is 0. The zero-order valence-electron chi connectivity index (χ0n) is 12.1. The van der Waals surface area contributed by atoms with E-state index < -0.39 is 0 Å². The fourth-order valence-corrected chi connectivity index (χ4v) is 2.81. The Hall–Kier alpha value is -2.95. The van der Waals surface area contributed by atoms with Crippen molar-refractivity contribution < 1.29 is 0 Å².